The van der Waals surface area contributed by atoms with E-state index in [0.29, 0.717) is 24.3 Å². The Morgan fingerprint density at radius 3 is 2.64 bits per heavy atom. The van der Waals surface area contributed by atoms with E-state index in [9.17, 15) is 9.59 Å². The Labute approximate surface area is 129 Å². The van der Waals surface area contributed by atoms with E-state index in [1.165, 1.54) is 0 Å². The minimum atomic E-state index is -0.237. The molecular weight excluding hydrogens is 280 g/mol. The molecule has 0 bridgehead atoms. The van der Waals surface area contributed by atoms with Gasteiger partial charge in [0, 0.05) is 24.3 Å². The van der Waals surface area contributed by atoms with Gasteiger partial charge in [-0.2, -0.15) is 5.10 Å². The van der Waals surface area contributed by atoms with Gasteiger partial charge in [-0.3, -0.25) is 14.7 Å². The predicted octanol–water partition coefficient (Wildman–Crippen LogP) is 1.65. The Morgan fingerprint density at radius 1 is 1.14 bits per heavy atom. The number of aryl methyl sites for hydroxylation is 1. The lowest BCUT2D eigenvalue weighted by molar-refractivity contribution is 0.0943. The molecule has 116 valence electrons. The Balaban J connectivity index is 1.97. The van der Waals surface area contributed by atoms with Crippen molar-refractivity contribution in [3.05, 3.63) is 52.8 Å². The van der Waals surface area contributed by atoms with Gasteiger partial charge in [-0.05, 0) is 37.1 Å². The molecule has 22 heavy (non-hydrogen) atoms. The van der Waals surface area contributed by atoms with Crippen molar-refractivity contribution in [2.45, 2.75) is 26.8 Å². The Bertz CT molecular complexity index is 664. The zero-order chi connectivity index (χ0) is 15.9. The summed E-state index contributed by atoms with van der Waals surface area (Å²) in [5.74, 6) is -0.352. The number of carbonyl (C=O) groups excluding carboxylic acids is 2. The molecule has 0 aliphatic carbocycles. The van der Waals surface area contributed by atoms with Crippen LogP contribution in [0.5, 0.6) is 0 Å². The van der Waals surface area contributed by atoms with Crippen LogP contribution in [0.1, 0.15) is 46.0 Å². The molecule has 0 saturated carbocycles. The van der Waals surface area contributed by atoms with Gasteiger partial charge in [-0.25, -0.2) is 0 Å². The molecule has 0 saturated heterocycles. The zero-order valence-electron chi connectivity index (χ0n) is 12.8. The molecule has 0 spiro atoms. The predicted molar refractivity (Wildman–Crippen MR) is 83.6 cm³/mol. The summed E-state index contributed by atoms with van der Waals surface area (Å²) in [6, 6.07) is 8.92. The third-order valence-electron chi connectivity index (χ3n) is 3.22. The van der Waals surface area contributed by atoms with Gasteiger partial charge in [0.05, 0.1) is 0 Å². The highest BCUT2D eigenvalue weighted by atomic mass is 16.2. The van der Waals surface area contributed by atoms with E-state index >= 15 is 0 Å². The number of amides is 2. The SMILES string of the molecule is CCNC(=O)c1cccc(CNC(=O)c2cc(CC)[nH]n2)c1. The highest BCUT2D eigenvalue weighted by molar-refractivity contribution is 5.94. The minimum absolute atomic E-state index is 0.115. The van der Waals surface area contributed by atoms with Gasteiger partial charge in [-0.1, -0.05) is 19.1 Å². The number of aromatic amines is 1. The molecule has 3 N–H and O–H groups in total. The summed E-state index contributed by atoms with van der Waals surface area (Å²) < 4.78 is 0. The number of hydrogen-bond donors (Lipinski definition) is 3. The summed E-state index contributed by atoms with van der Waals surface area (Å²) in [4.78, 5) is 23.8. The highest BCUT2D eigenvalue weighted by Gasteiger charge is 2.10. The number of aromatic nitrogens is 2. The van der Waals surface area contributed by atoms with Crippen molar-refractivity contribution in [3.8, 4) is 0 Å². The van der Waals surface area contributed by atoms with Crippen LogP contribution in [0.2, 0.25) is 0 Å². The molecule has 0 aliphatic rings. The van der Waals surface area contributed by atoms with Crippen LogP contribution in [-0.2, 0) is 13.0 Å². The molecule has 0 fully saturated rings. The Morgan fingerprint density at radius 2 is 1.95 bits per heavy atom. The third kappa shape index (κ3) is 3.94. The normalized spacial score (nSPS) is 10.3. The number of hydrogen-bond acceptors (Lipinski definition) is 3. The molecule has 0 aliphatic heterocycles. The van der Waals surface area contributed by atoms with E-state index in [1.54, 1.807) is 24.3 Å². The molecule has 2 amide bonds. The van der Waals surface area contributed by atoms with Gasteiger partial charge < -0.3 is 10.6 Å². The van der Waals surface area contributed by atoms with E-state index in [4.69, 9.17) is 0 Å². The van der Waals surface area contributed by atoms with Crippen LogP contribution in [0.3, 0.4) is 0 Å². The van der Waals surface area contributed by atoms with Crippen molar-refractivity contribution in [1.29, 1.82) is 0 Å². The summed E-state index contributed by atoms with van der Waals surface area (Å²) in [5.41, 5.74) is 2.74. The van der Waals surface area contributed by atoms with E-state index in [0.717, 1.165) is 17.7 Å². The Hall–Kier alpha value is -2.63. The quantitative estimate of drug-likeness (QED) is 0.758. The Kier molecular flexibility index (Phi) is 5.30. The van der Waals surface area contributed by atoms with Crippen LogP contribution in [0.15, 0.2) is 30.3 Å². The second kappa shape index (κ2) is 7.40. The van der Waals surface area contributed by atoms with Gasteiger partial charge in [-0.15, -0.1) is 0 Å². The zero-order valence-corrected chi connectivity index (χ0v) is 12.8. The maximum Gasteiger partial charge on any atom is 0.272 e. The van der Waals surface area contributed by atoms with Crippen LogP contribution >= 0.6 is 0 Å². The maximum atomic E-state index is 12.0. The second-order valence-corrected chi connectivity index (χ2v) is 4.87. The summed E-state index contributed by atoms with van der Waals surface area (Å²) >= 11 is 0. The summed E-state index contributed by atoms with van der Waals surface area (Å²) in [5, 5.41) is 12.3. The largest absolute Gasteiger partial charge is 0.352 e. The lowest BCUT2D eigenvalue weighted by atomic mass is 10.1. The molecule has 2 aromatic rings. The lowest BCUT2D eigenvalue weighted by Gasteiger charge is -2.06. The number of nitrogens with zero attached hydrogens (tertiary/aromatic N) is 1. The number of H-pyrrole nitrogens is 1. The van der Waals surface area contributed by atoms with Gasteiger partial charge >= 0.3 is 0 Å². The number of nitrogens with one attached hydrogen (secondary N) is 3. The molecule has 6 nitrogen and oxygen atoms in total. The van der Waals surface area contributed by atoms with E-state index in [-0.39, 0.29) is 11.8 Å². The van der Waals surface area contributed by atoms with Crippen molar-refractivity contribution in [3.63, 3.8) is 0 Å². The molecule has 2 rings (SSSR count). The van der Waals surface area contributed by atoms with Crippen molar-refractivity contribution < 1.29 is 9.59 Å². The molecule has 0 radical (unpaired) electrons. The smallest absolute Gasteiger partial charge is 0.272 e. The highest BCUT2D eigenvalue weighted by Crippen LogP contribution is 2.06. The molecular formula is C16H20N4O2. The van der Waals surface area contributed by atoms with E-state index in [1.807, 2.05) is 19.9 Å². The molecule has 0 unspecified atom stereocenters. The summed E-state index contributed by atoms with van der Waals surface area (Å²) in [6.45, 7) is 4.79. The average Bonchev–Trinajstić information content (AvgIpc) is 3.02. The monoisotopic (exact) mass is 300 g/mol. The van der Waals surface area contributed by atoms with Gasteiger partial charge in [0.25, 0.3) is 11.8 Å². The number of benzene rings is 1. The molecule has 1 heterocycles. The topological polar surface area (TPSA) is 86.9 Å². The standard InChI is InChI=1S/C16H20N4O2/c1-3-13-9-14(20-19-13)16(22)18-10-11-6-5-7-12(8-11)15(21)17-4-2/h5-9H,3-4,10H2,1-2H3,(H,17,21)(H,18,22)(H,19,20). The molecule has 0 atom stereocenters. The average molecular weight is 300 g/mol. The first-order chi connectivity index (χ1) is 10.6. The van der Waals surface area contributed by atoms with Crippen LogP contribution in [0.25, 0.3) is 0 Å². The van der Waals surface area contributed by atoms with Crippen molar-refractivity contribution >= 4 is 11.8 Å². The van der Waals surface area contributed by atoms with Crippen LogP contribution < -0.4 is 10.6 Å². The first-order valence-corrected chi connectivity index (χ1v) is 7.33. The summed E-state index contributed by atoms with van der Waals surface area (Å²) in [7, 11) is 0. The third-order valence-corrected chi connectivity index (χ3v) is 3.22. The fourth-order valence-corrected chi connectivity index (χ4v) is 2.02. The molecule has 1 aromatic carbocycles. The van der Waals surface area contributed by atoms with Crippen LogP contribution in [0, 0.1) is 0 Å². The first kappa shape index (κ1) is 15.8. The maximum absolute atomic E-state index is 12.0. The van der Waals surface area contributed by atoms with Crippen LogP contribution in [0.4, 0.5) is 0 Å². The van der Waals surface area contributed by atoms with Gasteiger partial charge in [0.2, 0.25) is 0 Å². The van der Waals surface area contributed by atoms with Crippen molar-refractivity contribution in [2.24, 2.45) is 0 Å². The first-order valence-electron chi connectivity index (χ1n) is 7.33. The number of carbonyl (C=O) groups is 2. The minimum Gasteiger partial charge on any atom is -0.352 e. The van der Waals surface area contributed by atoms with E-state index in [2.05, 4.69) is 20.8 Å². The molecule has 1 aromatic heterocycles. The van der Waals surface area contributed by atoms with Crippen molar-refractivity contribution in [1.82, 2.24) is 20.8 Å². The van der Waals surface area contributed by atoms with Crippen LogP contribution in [-0.4, -0.2) is 28.6 Å². The van der Waals surface area contributed by atoms with E-state index < -0.39 is 0 Å². The molecule has 6 heteroatoms. The summed E-state index contributed by atoms with van der Waals surface area (Å²) in [6.07, 6.45) is 0.800. The fraction of sp³-hybridized carbons (Fsp3) is 0.312. The van der Waals surface area contributed by atoms with Gasteiger partial charge in [0.15, 0.2) is 0 Å². The fourth-order valence-electron chi connectivity index (χ4n) is 2.02. The lowest BCUT2D eigenvalue weighted by Crippen LogP contribution is -2.24. The van der Waals surface area contributed by atoms with Crippen molar-refractivity contribution in [2.75, 3.05) is 6.54 Å². The second-order valence-electron chi connectivity index (χ2n) is 4.87. The van der Waals surface area contributed by atoms with Gasteiger partial charge in [0.1, 0.15) is 5.69 Å². The number of rotatable bonds is 6.